The van der Waals surface area contributed by atoms with Gasteiger partial charge >= 0.3 is 12.0 Å². The first-order valence-corrected chi connectivity index (χ1v) is 7.71. The first-order valence-electron chi connectivity index (χ1n) is 5.82. The summed E-state index contributed by atoms with van der Waals surface area (Å²) in [6.07, 6.45) is -4.47. The Balaban J connectivity index is 2.69. The average Bonchev–Trinajstić information content (AvgIpc) is 2.35. The normalized spacial score (nSPS) is 12.2. The van der Waals surface area contributed by atoms with Crippen molar-refractivity contribution < 1.29 is 31.2 Å². The lowest BCUT2D eigenvalue weighted by atomic mass is 10.2. The predicted molar refractivity (Wildman–Crippen MR) is 74.2 cm³/mol. The van der Waals surface area contributed by atoms with Gasteiger partial charge in [-0.3, -0.25) is 19.6 Å². The number of aromatic nitrogens is 2. The standard InChI is InChI=1S/C10H7F3N4O6S/c1-24(21,22)16-8-9(18)15-4-2-6(17(19)20)7(3-5(4)14-8)23-10(11,12)13/h2-3H,1H3,(H,14,16)(H,15,18). The highest BCUT2D eigenvalue weighted by atomic mass is 32.2. The van der Waals surface area contributed by atoms with E-state index in [0.29, 0.717) is 12.1 Å². The maximum absolute atomic E-state index is 12.3. The van der Waals surface area contributed by atoms with Crippen molar-refractivity contribution in [3.05, 3.63) is 32.6 Å². The molecule has 2 N–H and O–H groups in total. The molecule has 1 aromatic heterocycles. The Morgan fingerprint density at radius 1 is 1.38 bits per heavy atom. The molecule has 24 heavy (non-hydrogen) atoms. The van der Waals surface area contributed by atoms with Crippen molar-refractivity contribution >= 4 is 32.6 Å². The first kappa shape index (κ1) is 17.5. The molecule has 10 nitrogen and oxygen atoms in total. The Morgan fingerprint density at radius 3 is 2.50 bits per heavy atom. The summed E-state index contributed by atoms with van der Waals surface area (Å²) in [7, 11) is -3.88. The predicted octanol–water partition coefficient (Wildman–Crippen LogP) is 1.10. The molecule has 0 saturated heterocycles. The minimum atomic E-state index is -5.20. The second-order valence-electron chi connectivity index (χ2n) is 4.43. The quantitative estimate of drug-likeness (QED) is 0.607. The molecule has 0 atom stereocenters. The molecule has 0 amide bonds. The third-order valence-corrected chi connectivity index (χ3v) is 3.04. The number of sulfonamides is 1. The molecular weight excluding hydrogens is 361 g/mol. The van der Waals surface area contributed by atoms with Gasteiger partial charge in [-0.25, -0.2) is 13.4 Å². The highest BCUT2D eigenvalue weighted by Crippen LogP contribution is 2.34. The van der Waals surface area contributed by atoms with Crippen LogP contribution in [0.5, 0.6) is 5.75 Å². The van der Waals surface area contributed by atoms with Gasteiger partial charge in [-0.1, -0.05) is 0 Å². The van der Waals surface area contributed by atoms with Crippen LogP contribution in [0.15, 0.2) is 16.9 Å². The van der Waals surface area contributed by atoms with E-state index < -0.39 is 44.1 Å². The number of halogens is 3. The lowest BCUT2D eigenvalue weighted by Gasteiger charge is -2.10. The fourth-order valence-corrected chi connectivity index (χ4v) is 2.19. The van der Waals surface area contributed by atoms with E-state index in [1.54, 1.807) is 4.72 Å². The molecule has 14 heteroatoms. The molecule has 0 bridgehead atoms. The van der Waals surface area contributed by atoms with Crippen LogP contribution in [0.1, 0.15) is 0 Å². The number of fused-ring (bicyclic) bond motifs is 1. The van der Waals surface area contributed by atoms with Crippen molar-refractivity contribution in [1.82, 2.24) is 9.97 Å². The molecule has 0 radical (unpaired) electrons. The largest absolute Gasteiger partial charge is 0.573 e. The smallest absolute Gasteiger partial charge is 0.398 e. The third-order valence-electron chi connectivity index (χ3n) is 2.48. The molecule has 0 spiro atoms. The van der Waals surface area contributed by atoms with Crippen LogP contribution in [0.3, 0.4) is 0 Å². The van der Waals surface area contributed by atoms with Gasteiger partial charge in [0, 0.05) is 12.1 Å². The minimum Gasteiger partial charge on any atom is -0.398 e. The van der Waals surface area contributed by atoms with Crippen molar-refractivity contribution in [3.8, 4) is 5.75 Å². The van der Waals surface area contributed by atoms with Gasteiger partial charge in [-0.15, -0.1) is 13.2 Å². The summed E-state index contributed by atoms with van der Waals surface area (Å²) in [5, 5.41) is 10.8. The molecule has 2 aromatic rings. The van der Waals surface area contributed by atoms with Crippen molar-refractivity contribution in [3.63, 3.8) is 0 Å². The molecule has 0 fully saturated rings. The zero-order valence-electron chi connectivity index (χ0n) is 11.5. The van der Waals surface area contributed by atoms with E-state index in [-0.39, 0.29) is 11.0 Å². The van der Waals surface area contributed by atoms with Gasteiger partial charge in [0.25, 0.3) is 5.56 Å². The number of hydrogen-bond acceptors (Lipinski definition) is 7. The minimum absolute atomic E-state index is 0.278. The van der Waals surface area contributed by atoms with Gasteiger partial charge in [0.2, 0.25) is 21.6 Å². The Labute approximate surface area is 130 Å². The van der Waals surface area contributed by atoms with Crippen LogP contribution in [0.4, 0.5) is 24.7 Å². The third kappa shape index (κ3) is 4.09. The summed E-state index contributed by atoms with van der Waals surface area (Å²) >= 11 is 0. The Morgan fingerprint density at radius 2 is 2.00 bits per heavy atom. The number of hydrogen-bond donors (Lipinski definition) is 2. The van der Waals surface area contributed by atoms with E-state index in [4.69, 9.17) is 0 Å². The number of nitro benzene ring substituents is 1. The summed E-state index contributed by atoms with van der Waals surface area (Å²) < 4.78 is 64.6. The maximum Gasteiger partial charge on any atom is 0.573 e. The zero-order valence-corrected chi connectivity index (χ0v) is 12.4. The molecule has 0 aliphatic rings. The second-order valence-corrected chi connectivity index (χ2v) is 6.18. The van der Waals surface area contributed by atoms with E-state index in [0.717, 1.165) is 6.26 Å². The molecule has 130 valence electrons. The lowest BCUT2D eigenvalue weighted by molar-refractivity contribution is -0.388. The van der Waals surface area contributed by atoms with Crippen LogP contribution in [0.2, 0.25) is 0 Å². The van der Waals surface area contributed by atoms with Gasteiger partial charge in [-0.05, 0) is 0 Å². The Kier molecular flexibility index (Phi) is 4.09. The summed E-state index contributed by atoms with van der Waals surface area (Å²) in [6, 6.07) is 1.18. The van der Waals surface area contributed by atoms with E-state index in [1.165, 1.54) is 0 Å². The van der Waals surface area contributed by atoms with E-state index >= 15 is 0 Å². The highest BCUT2D eigenvalue weighted by molar-refractivity contribution is 7.92. The summed E-state index contributed by atoms with van der Waals surface area (Å²) in [5.74, 6) is -1.87. The topological polar surface area (TPSA) is 144 Å². The van der Waals surface area contributed by atoms with Gasteiger partial charge in [0.1, 0.15) is 0 Å². The number of benzene rings is 1. The maximum atomic E-state index is 12.3. The zero-order chi connectivity index (χ0) is 18.3. The molecule has 0 saturated carbocycles. The number of nitrogens with one attached hydrogen (secondary N) is 2. The van der Waals surface area contributed by atoms with Crippen LogP contribution >= 0.6 is 0 Å². The van der Waals surface area contributed by atoms with Crippen molar-refractivity contribution in [2.24, 2.45) is 0 Å². The Hall–Kier alpha value is -2.90. The van der Waals surface area contributed by atoms with Crippen LogP contribution in [-0.4, -0.2) is 35.9 Å². The molecular formula is C10H7F3N4O6S. The van der Waals surface area contributed by atoms with Crippen LogP contribution in [0, 0.1) is 10.1 Å². The number of nitrogens with zero attached hydrogens (tertiary/aromatic N) is 2. The van der Waals surface area contributed by atoms with Crippen molar-refractivity contribution in [1.29, 1.82) is 0 Å². The average molecular weight is 368 g/mol. The van der Waals surface area contributed by atoms with E-state index in [9.17, 15) is 36.5 Å². The van der Waals surface area contributed by atoms with Crippen molar-refractivity contribution in [2.45, 2.75) is 6.36 Å². The highest BCUT2D eigenvalue weighted by Gasteiger charge is 2.35. The van der Waals surface area contributed by atoms with Crippen LogP contribution in [-0.2, 0) is 10.0 Å². The molecule has 0 aliphatic heterocycles. The van der Waals surface area contributed by atoms with Crippen LogP contribution < -0.4 is 15.0 Å². The number of alkyl halides is 3. The number of anilines is 1. The summed E-state index contributed by atoms with van der Waals surface area (Å²) in [4.78, 5) is 27.0. The molecule has 0 unspecified atom stereocenters. The van der Waals surface area contributed by atoms with E-state index in [1.807, 2.05) is 0 Å². The lowest BCUT2D eigenvalue weighted by Crippen LogP contribution is -2.21. The molecule has 0 aliphatic carbocycles. The van der Waals surface area contributed by atoms with Gasteiger partial charge in [-0.2, -0.15) is 0 Å². The second kappa shape index (κ2) is 5.63. The summed E-state index contributed by atoms with van der Waals surface area (Å²) in [5.41, 5.74) is -2.72. The Bertz CT molecular complexity index is 984. The number of rotatable bonds is 4. The fraction of sp³-hybridized carbons (Fsp3) is 0.200. The van der Waals surface area contributed by atoms with Gasteiger partial charge in [0.05, 0.1) is 22.2 Å². The van der Waals surface area contributed by atoms with E-state index in [2.05, 4.69) is 14.7 Å². The summed E-state index contributed by atoms with van der Waals surface area (Å²) in [6.45, 7) is 0. The molecule has 1 aromatic carbocycles. The van der Waals surface area contributed by atoms with Crippen molar-refractivity contribution in [2.75, 3.05) is 11.0 Å². The monoisotopic (exact) mass is 368 g/mol. The molecule has 1 heterocycles. The van der Waals surface area contributed by atoms with Gasteiger partial charge < -0.3 is 9.72 Å². The van der Waals surface area contributed by atoms with Gasteiger partial charge in [0.15, 0.2) is 0 Å². The number of ether oxygens (including phenoxy) is 1. The first-order chi connectivity index (χ1) is 10.9. The number of H-pyrrole nitrogens is 1. The number of aromatic amines is 1. The fourth-order valence-electron chi connectivity index (χ4n) is 1.70. The molecule has 2 rings (SSSR count). The van der Waals surface area contributed by atoms with Crippen LogP contribution in [0.25, 0.3) is 11.0 Å². The number of nitro groups is 1. The SMILES string of the molecule is CS(=O)(=O)Nc1nc2cc(OC(F)(F)F)c([N+](=O)[O-])cc2[nH]c1=O.